The third-order valence-electron chi connectivity index (χ3n) is 4.12. The van der Waals surface area contributed by atoms with E-state index in [1.807, 2.05) is 43.3 Å². The van der Waals surface area contributed by atoms with E-state index >= 15 is 0 Å². The Bertz CT molecular complexity index is 975. The number of anilines is 2. The van der Waals surface area contributed by atoms with Gasteiger partial charge in [-0.1, -0.05) is 23.9 Å². The second-order valence-corrected chi connectivity index (χ2v) is 7.64. The molecule has 0 spiro atoms. The van der Waals surface area contributed by atoms with Gasteiger partial charge in [0.15, 0.2) is 5.17 Å². The number of benzene rings is 2. The smallest absolute Gasteiger partial charge is 0.292 e. The summed E-state index contributed by atoms with van der Waals surface area (Å²) in [5.41, 5.74) is 1.61. The SMILES string of the molecule is CN(C)c1ccc(N=C2NC(=O)C(CC(=O)Nc3ccccc3[N+](=O)[O-])S2)cc1. The number of carbonyl (C=O) groups is 2. The average Bonchev–Trinajstić information content (AvgIpc) is 3.01. The first kappa shape index (κ1) is 20.3. The van der Waals surface area contributed by atoms with Gasteiger partial charge in [-0.3, -0.25) is 19.7 Å². The molecule has 0 radical (unpaired) electrons. The summed E-state index contributed by atoms with van der Waals surface area (Å²) in [5.74, 6) is -0.806. The lowest BCUT2D eigenvalue weighted by molar-refractivity contribution is -0.383. The first-order chi connectivity index (χ1) is 13.8. The molecule has 0 saturated carbocycles. The van der Waals surface area contributed by atoms with E-state index in [-0.39, 0.29) is 23.7 Å². The van der Waals surface area contributed by atoms with Crippen molar-refractivity contribution in [1.29, 1.82) is 0 Å². The van der Waals surface area contributed by atoms with E-state index in [4.69, 9.17) is 0 Å². The highest BCUT2D eigenvalue weighted by atomic mass is 32.2. The third kappa shape index (κ3) is 5.11. The minimum atomic E-state index is -0.655. The van der Waals surface area contributed by atoms with Crippen molar-refractivity contribution >= 4 is 51.5 Å². The zero-order valence-corrected chi connectivity index (χ0v) is 16.6. The van der Waals surface area contributed by atoms with Crippen LogP contribution in [0.3, 0.4) is 0 Å². The number of nitro benzene ring substituents is 1. The monoisotopic (exact) mass is 413 g/mol. The molecule has 1 heterocycles. The number of rotatable bonds is 6. The van der Waals surface area contributed by atoms with Gasteiger partial charge in [-0.25, -0.2) is 4.99 Å². The number of amidine groups is 1. The van der Waals surface area contributed by atoms with Crippen LogP contribution in [0.1, 0.15) is 6.42 Å². The van der Waals surface area contributed by atoms with Gasteiger partial charge >= 0.3 is 0 Å². The van der Waals surface area contributed by atoms with Crippen LogP contribution in [0.15, 0.2) is 53.5 Å². The van der Waals surface area contributed by atoms with E-state index in [1.165, 1.54) is 18.2 Å². The predicted octanol–water partition coefficient (Wildman–Crippen LogP) is 2.91. The number of nitrogens with zero attached hydrogens (tertiary/aromatic N) is 3. The first-order valence-corrected chi connectivity index (χ1v) is 9.58. The number of nitro groups is 1. The largest absolute Gasteiger partial charge is 0.378 e. The van der Waals surface area contributed by atoms with Crippen LogP contribution < -0.4 is 15.5 Å². The molecule has 1 atom stereocenters. The van der Waals surface area contributed by atoms with Crippen LogP contribution in [-0.4, -0.2) is 41.3 Å². The number of hydrogen-bond acceptors (Lipinski definition) is 7. The van der Waals surface area contributed by atoms with Gasteiger partial charge < -0.3 is 15.5 Å². The van der Waals surface area contributed by atoms with E-state index in [2.05, 4.69) is 15.6 Å². The quantitative estimate of drug-likeness (QED) is 0.555. The van der Waals surface area contributed by atoms with Crippen LogP contribution in [0.4, 0.5) is 22.7 Å². The summed E-state index contributed by atoms with van der Waals surface area (Å²) >= 11 is 1.16. The maximum atomic E-state index is 12.3. The van der Waals surface area contributed by atoms with Gasteiger partial charge in [-0.2, -0.15) is 0 Å². The first-order valence-electron chi connectivity index (χ1n) is 8.70. The van der Waals surface area contributed by atoms with E-state index in [0.29, 0.717) is 10.9 Å². The lowest BCUT2D eigenvalue weighted by Crippen LogP contribution is -2.28. The fraction of sp³-hybridized carbons (Fsp3) is 0.211. The van der Waals surface area contributed by atoms with Crippen molar-refractivity contribution < 1.29 is 14.5 Å². The second kappa shape index (κ2) is 8.74. The molecule has 1 unspecified atom stereocenters. The Hall–Kier alpha value is -3.40. The normalized spacial score (nSPS) is 17.1. The minimum Gasteiger partial charge on any atom is -0.378 e. The van der Waals surface area contributed by atoms with E-state index in [0.717, 1.165) is 17.4 Å². The van der Waals surface area contributed by atoms with Crippen molar-refractivity contribution in [1.82, 2.24) is 5.32 Å². The van der Waals surface area contributed by atoms with Gasteiger partial charge in [-0.05, 0) is 30.3 Å². The number of thioether (sulfide) groups is 1. The summed E-state index contributed by atoms with van der Waals surface area (Å²) in [6.07, 6.45) is -0.124. The van der Waals surface area contributed by atoms with Crippen LogP contribution >= 0.6 is 11.8 Å². The molecule has 10 heteroatoms. The summed E-state index contributed by atoms with van der Waals surface area (Å²) in [5, 5.41) is 16.0. The van der Waals surface area contributed by atoms with E-state index < -0.39 is 16.1 Å². The molecule has 2 N–H and O–H groups in total. The molecular formula is C19H19N5O4S. The Kier molecular flexibility index (Phi) is 6.13. The van der Waals surface area contributed by atoms with E-state index in [1.54, 1.807) is 6.07 Å². The van der Waals surface area contributed by atoms with Gasteiger partial charge in [0, 0.05) is 32.3 Å². The Balaban J connectivity index is 1.63. The topological polar surface area (TPSA) is 117 Å². The molecule has 150 valence electrons. The average molecular weight is 413 g/mol. The van der Waals surface area contributed by atoms with Gasteiger partial charge in [0.1, 0.15) is 10.9 Å². The van der Waals surface area contributed by atoms with Crippen LogP contribution in [0.5, 0.6) is 0 Å². The fourth-order valence-electron chi connectivity index (χ4n) is 2.64. The van der Waals surface area contributed by atoms with Crippen molar-refractivity contribution in [2.45, 2.75) is 11.7 Å². The molecule has 0 aromatic heterocycles. The Morgan fingerprint density at radius 3 is 2.59 bits per heavy atom. The molecule has 29 heavy (non-hydrogen) atoms. The lowest BCUT2D eigenvalue weighted by Gasteiger charge is -2.11. The highest BCUT2D eigenvalue weighted by Gasteiger charge is 2.32. The summed E-state index contributed by atoms with van der Waals surface area (Å²) < 4.78 is 0. The van der Waals surface area contributed by atoms with Crippen LogP contribution in [0, 0.1) is 10.1 Å². The molecule has 9 nitrogen and oxygen atoms in total. The Morgan fingerprint density at radius 2 is 1.93 bits per heavy atom. The van der Waals surface area contributed by atoms with Gasteiger partial charge in [0.2, 0.25) is 11.8 Å². The fourth-order valence-corrected chi connectivity index (χ4v) is 3.63. The molecule has 0 aliphatic carbocycles. The highest BCUT2D eigenvalue weighted by Crippen LogP contribution is 2.28. The molecule has 1 fully saturated rings. The van der Waals surface area contributed by atoms with Crippen molar-refractivity contribution in [2.75, 3.05) is 24.3 Å². The number of amides is 2. The minimum absolute atomic E-state index is 0.0979. The summed E-state index contributed by atoms with van der Waals surface area (Å²) in [7, 11) is 3.88. The van der Waals surface area contributed by atoms with Crippen molar-refractivity contribution in [3.63, 3.8) is 0 Å². The van der Waals surface area contributed by atoms with Gasteiger partial charge in [0.05, 0.1) is 10.6 Å². The Morgan fingerprint density at radius 1 is 1.24 bits per heavy atom. The molecular weight excluding hydrogens is 394 g/mol. The van der Waals surface area contributed by atoms with Gasteiger partial charge in [-0.15, -0.1) is 0 Å². The summed E-state index contributed by atoms with van der Waals surface area (Å²) in [6, 6.07) is 13.4. The van der Waals surface area contributed by atoms with Crippen molar-refractivity contribution in [3.8, 4) is 0 Å². The zero-order valence-electron chi connectivity index (χ0n) is 15.8. The molecule has 1 aliphatic rings. The molecule has 3 rings (SSSR count). The van der Waals surface area contributed by atoms with Crippen LogP contribution in [0.2, 0.25) is 0 Å². The summed E-state index contributed by atoms with van der Waals surface area (Å²) in [4.78, 5) is 41.3. The molecule has 1 saturated heterocycles. The Labute approximate surface area is 171 Å². The highest BCUT2D eigenvalue weighted by molar-refractivity contribution is 8.15. The molecule has 2 amide bonds. The predicted molar refractivity (Wildman–Crippen MR) is 114 cm³/mol. The number of carbonyl (C=O) groups excluding carboxylic acids is 2. The molecule has 2 aromatic carbocycles. The number of para-hydroxylation sites is 2. The number of nitrogens with one attached hydrogen (secondary N) is 2. The van der Waals surface area contributed by atoms with Crippen molar-refractivity contribution in [3.05, 3.63) is 58.6 Å². The van der Waals surface area contributed by atoms with Crippen molar-refractivity contribution in [2.24, 2.45) is 4.99 Å². The standard InChI is InChI=1S/C19H19N5O4S/c1-23(2)13-9-7-12(8-10-13)20-19-22-18(26)16(29-19)11-17(25)21-14-5-3-4-6-15(14)24(27)28/h3-10,16H,11H2,1-2H3,(H,21,25)(H,20,22,26). The molecule has 1 aliphatic heterocycles. The third-order valence-corrected chi connectivity index (χ3v) is 5.20. The van der Waals surface area contributed by atoms with Gasteiger partial charge in [0.25, 0.3) is 5.69 Å². The number of aliphatic imine (C=N–C) groups is 1. The maximum absolute atomic E-state index is 12.3. The van der Waals surface area contributed by atoms with Crippen LogP contribution in [0.25, 0.3) is 0 Å². The molecule has 2 aromatic rings. The van der Waals surface area contributed by atoms with Crippen LogP contribution in [-0.2, 0) is 9.59 Å². The number of hydrogen-bond donors (Lipinski definition) is 2. The second-order valence-electron chi connectivity index (χ2n) is 6.45. The van der Waals surface area contributed by atoms with E-state index in [9.17, 15) is 19.7 Å². The maximum Gasteiger partial charge on any atom is 0.292 e. The molecule has 0 bridgehead atoms. The lowest BCUT2D eigenvalue weighted by atomic mass is 10.2. The zero-order chi connectivity index (χ0) is 21.0. The summed E-state index contributed by atoms with van der Waals surface area (Å²) in [6.45, 7) is 0.